The lowest BCUT2D eigenvalue weighted by molar-refractivity contribution is -0.138. The Morgan fingerprint density at radius 3 is 2.67 bits per heavy atom. The summed E-state index contributed by atoms with van der Waals surface area (Å²) in [6.07, 6.45) is 2.11. The minimum atomic E-state index is -0.765. The molecule has 1 aliphatic heterocycles. The first-order valence-electron chi connectivity index (χ1n) is 7.24. The summed E-state index contributed by atoms with van der Waals surface area (Å²) in [4.78, 5) is 25.2. The van der Waals surface area contributed by atoms with E-state index in [1.807, 2.05) is 36.1 Å². The summed E-state index contributed by atoms with van der Waals surface area (Å²) in [7, 11) is 0. The fourth-order valence-electron chi connectivity index (χ4n) is 2.88. The zero-order chi connectivity index (χ0) is 15.4. The highest BCUT2D eigenvalue weighted by Gasteiger charge is 2.28. The standard InChI is InChI=1S/C16H20BrNO3/c1-11(9-15(19)20)13-3-2-8-18(10-13)16(21)12-4-6-14(17)7-5-12/h4-7,11,13H,2-3,8-10H2,1H3,(H,19,20). The van der Waals surface area contributed by atoms with Gasteiger partial charge < -0.3 is 10.0 Å². The summed E-state index contributed by atoms with van der Waals surface area (Å²) in [5.41, 5.74) is 0.685. The third-order valence-corrected chi connectivity index (χ3v) is 4.67. The number of likely N-dealkylation sites (tertiary alicyclic amines) is 1. The first kappa shape index (κ1) is 16.0. The highest BCUT2D eigenvalue weighted by molar-refractivity contribution is 9.10. The first-order valence-corrected chi connectivity index (χ1v) is 8.03. The smallest absolute Gasteiger partial charge is 0.303 e. The zero-order valence-electron chi connectivity index (χ0n) is 12.1. The molecule has 1 fully saturated rings. The van der Waals surface area contributed by atoms with Gasteiger partial charge in [-0.05, 0) is 48.9 Å². The molecule has 1 heterocycles. The van der Waals surface area contributed by atoms with Crippen molar-refractivity contribution in [2.45, 2.75) is 26.2 Å². The molecule has 1 amide bonds. The van der Waals surface area contributed by atoms with E-state index in [-0.39, 0.29) is 24.2 Å². The third-order valence-electron chi connectivity index (χ3n) is 4.14. The van der Waals surface area contributed by atoms with Crippen LogP contribution in [-0.2, 0) is 4.79 Å². The number of carboxylic acids is 1. The molecule has 0 bridgehead atoms. The van der Waals surface area contributed by atoms with Crippen molar-refractivity contribution in [1.29, 1.82) is 0 Å². The Hall–Kier alpha value is -1.36. The third kappa shape index (κ3) is 4.30. The lowest BCUT2D eigenvalue weighted by atomic mass is 9.84. The van der Waals surface area contributed by atoms with E-state index in [0.717, 1.165) is 23.9 Å². The Morgan fingerprint density at radius 2 is 2.05 bits per heavy atom. The first-order chi connectivity index (χ1) is 9.97. The van der Waals surface area contributed by atoms with Gasteiger partial charge in [0.25, 0.3) is 5.91 Å². The van der Waals surface area contributed by atoms with Crippen LogP contribution in [0.3, 0.4) is 0 Å². The maximum absolute atomic E-state index is 12.5. The molecule has 1 aromatic rings. The molecule has 2 rings (SSSR count). The van der Waals surface area contributed by atoms with Gasteiger partial charge in [0.05, 0.1) is 0 Å². The van der Waals surface area contributed by atoms with Crippen LogP contribution < -0.4 is 0 Å². The number of rotatable bonds is 4. The predicted molar refractivity (Wildman–Crippen MR) is 84.2 cm³/mol. The van der Waals surface area contributed by atoms with Crippen molar-refractivity contribution in [1.82, 2.24) is 4.90 Å². The Bertz CT molecular complexity index is 515. The molecule has 1 aliphatic rings. The van der Waals surface area contributed by atoms with Crippen LogP contribution in [0.25, 0.3) is 0 Å². The van der Waals surface area contributed by atoms with Gasteiger partial charge in [-0.25, -0.2) is 0 Å². The highest BCUT2D eigenvalue weighted by atomic mass is 79.9. The molecule has 1 saturated heterocycles. The predicted octanol–water partition coefficient (Wildman–Crippen LogP) is 3.41. The number of piperidine rings is 1. The monoisotopic (exact) mass is 353 g/mol. The minimum Gasteiger partial charge on any atom is -0.481 e. The van der Waals surface area contributed by atoms with Crippen LogP contribution >= 0.6 is 15.9 Å². The number of carboxylic acid groups (broad SMARTS) is 1. The summed E-state index contributed by atoms with van der Waals surface area (Å²) in [5.74, 6) is -0.356. The van der Waals surface area contributed by atoms with Gasteiger partial charge in [0.2, 0.25) is 0 Å². The lowest BCUT2D eigenvalue weighted by Crippen LogP contribution is -2.42. The van der Waals surface area contributed by atoms with Gasteiger partial charge in [-0.1, -0.05) is 22.9 Å². The Balaban J connectivity index is 2.01. The van der Waals surface area contributed by atoms with Crippen LogP contribution in [0.15, 0.2) is 28.7 Å². The van der Waals surface area contributed by atoms with E-state index in [4.69, 9.17) is 5.11 Å². The second-order valence-corrected chi connectivity index (χ2v) is 6.65. The van der Waals surface area contributed by atoms with Crippen molar-refractivity contribution in [3.05, 3.63) is 34.3 Å². The number of halogens is 1. The van der Waals surface area contributed by atoms with Gasteiger partial charge in [-0.2, -0.15) is 0 Å². The van der Waals surface area contributed by atoms with E-state index in [1.54, 1.807) is 0 Å². The van der Waals surface area contributed by atoms with E-state index < -0.39 is 5.97 Å². The van der Waals surface area contributed by atoms with Crippen LogP contribution in [0.4, 0.5) is 0 Å². The molecular formula is C16H20BrNO3. The molecule has 0 saturated carbocycles. The Kier molecular flexibility index (Phi) is 5.39. The fourth-order valence-corrected chi connectivity index (χ4v) is 3.14. The van der Waals surface area contributed by atoms with E-state index in [2.05, 4.69) is 15.9 Å². The number of hydrogen-bond donors (Lipinski definition) is 1. The minimum absolute atomic E-state index is 0.0368. The largest absolute Gasteiger partial charge is 0.481 e. The number of hydrogen-bond acceptors (Lipinski definition) is 2. The normalized spacial score (nSPS) is 20.1. The number of carbonyl (C=O) groups is 2. The SMILES string of the molecule is CC(CC(=O)O)C1CCCN(C(=O)c2ccc(Br)cc2)C1. The Morgan fingerprint density at radius 1 is 1.38 bits per heavy atom. The molecule has 2 atom stereocenters. The van der Waals surface area contributed by atoms with Gasteiger partial charge in [0.15, 0.2) is 0 Å². The molecule has 0 aromatic heterocycles. The number of amides is 1. The molecule has 5 heteroatoms. The van der Waals surface area contributed by atoms with Crippen LogP contribution in [0.5, 0.6) is 0 Å². The van der Waals surface area contributed by atoms with Crippen LogP contribution in [0.2, 0.25) is 0 Å². The summed E-state index contributed by atoms with van der Waals surface area (Å²) < 4.78 is 0.950. The fraction of sp³-hybridized carbons (Fsp3) is 0.500. The van der Waals surface area contributed by atoms with Crippen LogP contribution in [-0.4, -0.2) is 35.0 Å². The van der Waals surface area contributed by atoms with Crippen molar-refractivity contribution in [3.8, 4) is 0 Å². The number of nitrogens with zero attached hydrogens (tertiary/aromatic N) is 1. The molecule has 1 aromatic carbocycles. The number of aliphatic carboxylic acids is 1. The molecule has 0 aliphatic carbocycles. The summed E-state index contributed by atoms with van der Waals surface area (Å²) >= 11 is 3.36. The Labute approximate surface area is 133 Å². The zero-order valence-corrected chi connectivity index (χ0v) is 13.7. The van der Waals surface area contributed by atoms with Gasteiger partial charge >= 0.3 is 5.97 Å². The second kappa shape index (κ2) is 7.07. The van der Waals surface area contributed by atoms with Crippen LogP contribution in [0.1, 0.15) is 36.5 Å². The van der Waals surface area contributed by atoms with Gasteiger partial charge in [0, 0.05) is 29.5 Å². The number of benzene rings is 1. The quantitative estimate of drug-likeness (QED) is 0.902. The molecule has 0 spiro atoms. The maximum Gasteiger partial charge on any atom is 0.303 e. The van der Waals surface area contributed by atoms with Crippen molar-refractivity contribution in [3.63, 3.8) is 0 Å². The van der Waals surface area contributed by atoms with E-state index in [9.17, 15) is 9.59 Å². The molecule has 114 valence electrons. The molecule has 21 heavy (non-hydrogen) atoms. The average molecular weight is 354 g/mol. The van der Waals surface area contributed by atoms with E-state index in [1.165, 1.54) is 0 Å². The summed E-state index contributed by atoms with van der Waals surface area (Å²) in [5, 5.41) is 8.91. The van der Waals surface area contributed by atoms with Crippen molar-refractivity contribution >= 4 is 27.8 Å². The molecular weight excluding hydrogens is 334 g/mol. The maximum atomic E-state index is 12.5. The molecule has 1 N–H and O–H groups in total. The van der Waals surface area contributed by atoms with Crippen molar-refractivity contribution < 1.29 is 14.7 Å². The molecule has 0 radical (unpaired) electrons. The topological polar surface area (TPSA) is 57.6 Å². The molecule has 2 unspecified atom stereocenters. The van der Waals surface area contributed by atoms with Gasteiger partial charge in [-0.3, -0.25) is 9.59 Å². The van der Waals surface area contributed by atoms with E-state index in [0.29, 0.717) is 12.1 Å². The van der Waals surface area contributed by atoms with E-state index >= 15 is 0 Å². The van der Waals surface area contributed by atoms with Crippen molar-refractivity contribution in [2.75, 3.05) is 13.1 Å². The highest BCUT2D eigenvalue weighted by Crippen LogP contribution is 2.27. The van der Waals surface area contributed by atoms with Crippen LogP contribution in [0, 0.1) is 11.8 Å². The van der Waals surface area contributed by atoms with Gasteiger partial charge in [0.1, 0.15) is 0 Å². The summed E-state index contributed by atoms with van der Waals surface area (Å²) in [6, 6.07) is 7.36. The average Bonchev–Trinajstić information content (AvgIpc) is 2.47. The summed E-state index contributed by atoms with van der Waals surface area (Å²) in [6.45, 7) is 3.38. The second-order valence-electron chi connectivity index (χ2n) is 5.74. The van der Waals surface area contributed by atoms with Gasteiger partial charge in [-0.15, -0.1) is 0 Å². The molecule has 4 nitrogen and oxygen atoms in total. The number of carbonyl (C=O) groups excluding carboxylic acids is 1. The lowest BCUT2D eigenvalue weighted by Gasteiger charge is -2.35. The van der Waals surface area contributed by atoms with Crippen molar-refractivity contribution in [2.24, 2.45) is 11.8 Å².